The summed E-state index contributed by atoms with van der Waals surface area (Å²) in [6, 6.07) is 7.29. The van der Waals surface area contributed by atoms with E-state index in [2.05, 4.69) is 36.2 Å². The van der Waals surface area contributed by atoms with Gasteiger partial charge in [-0.1, -0.05) is 0 Å². The molecule has 1 unspecified atom stereocenters. The molecule has 2 saturated heterocycles. The molecule has 4 atom stereocenters. The third-order valence-corrected chi connectivity index (χ3v) is 5.26. The Kier molecular flexibility index (Phi) is 6.20. The van der Waals surface area contributed by atoms with Crippen LogP contribution in [-0.2, 0) is 11.3 Å². The van der Waals surface area contributed by atoms with Crippen LogP contribution >= 0.6 is 0 Å². The van der Waals surface area contributed by atoms with Crippen molar-refractivity contribution in [3.05, 3.63) is 23.8 Å². The maximum Gasteiger partial charge on any atom is 0.122 e. The standard InChI is InChI=1S/C20H32N2O3/c1-14-7-18(8-15(2)25-14)21-17-5-6-22(13-17)12-16-9-19(23-3)11-20(10-16)24-4/h9-11,14-15,17-18,21H,5-8,12-13H2,1-4H3/t14-,15+,17-,18?/m1/s1. The molecule has 2 aliphatic rings. The summed E-state index contributed by atoms with van der Waals surface area (Å²) in [5, 5.41) is 3.87. The van der Waals surface area contributed by atoms with E-state index in [1.165, 1.54) is 12.0 Å². The molecule has 5 nitrogen and oxygen atoms in total. The highest BCUT2D eigenvalue weighted by Gasteiger charge is 2.29. The van der Waals surface area contributed by atoms with E-state index in [4.69, 9.17) is 14.2 Å². The molecule has 0 saturated carbocycles. The fraction of sp³-hybridized carbons (Fsp3) is 0.700. The number of ether oxygens (including phenoxy) is 3. The van der Waals surface area contributed by atoms with Gasteiger partial charge in [0.1, 0.15) is 11.5 Å². The van der Waals surface area contributed by atoms with Crippen LogP contribution in [0.5, 0.6) is 11.5 Å². The van der Waals surface area contributed by atoms with E-state index in [1.807, 2.05) is 6.07 Å². The summed E-state index contributed by atoms with van der Waals surface area (Å²) in [5.41, 5.74) is 1.24. The van der Waals surface area contributed by atoms with Crippen molar-refractivity contribution in [3.63, 3.8) is 0 Å². The van der Waals surface area contributed by atoms with Gasteiger partial charge in [0.2, 0.25) is 0 Å². The Morgan fingerprint density at radius 3 is 2.28 bits per heavy atom. The summed E-state index contributed by atoms with van der Waals surface area (Å²) >= 11 is 0. The molecule has 0 spiro atoms. The third kappa shape index (κ3) is 5.09. The molecule has 1 aromatic carbocycles. The van der Waals surface area contributed by atoms with Crippen molar-refractivity contribution in [2.24, 2.45) is 0 Å². The van der Waals surface area contributed by atoms with Gasteiger partial charge >= 0.3 is 0 Å². The zero-order valence-corrected chi connectivity index (χ0v) is 16.0. The monoisotopic (exact) mass is 348 g/mol. The quantitative estimate of drug-likeness (QED) is 0.856. The van der Waals surface area contributed by atoms with Gasteiger partial charge in [-0.05, 0) is 50.8 Å². The van der Waals surface area contributed by atoms with Crippen LogP contribution in [0.4, 0.5) is 0 Å². The average molecular weight is 348 g/mol. The van der Waals surface area contributed by atoms with E-state index in [0.29, 0.717) is 24.3 Å². The molecule has 3 rings (SSSR count). The fourth-order valence-corrected chi connectivity index (χ4v) is 4.20. The van der Waals surface area contributed by atoms with Gasteiger partial charge in [-0.2, -0.15) is 0 Å². The van der Waals surface area contributed by atoms with E-state index >= 15 is 0 Å². The SMILES string of the molecule is COc1cc(CN2CC[C@@H](NC3C[C@@H](C)O[C@@H](C)C3)C2)cc(OC)c1. The molecule has 1 aromatic rings. The van der Waals surface area contributed by atoms with Gasteiger partial charge < -0.3 is 19.5 Å². The predicted octanol–water partition coefficient (Wildman–Crippen LogP) is 2.82. The maximum atomic E-state index is 5.85. The van der Waals surface area contributed by atoms with Gasteiger partial charge in [-0.3, -0.25) is 4.90 Å². The Morgan fingerprint density at radius 1 is 1.04 bits per heavy atom. The molecular weight excluding hydrogens is 316 g/mol. The van der Waals surface area contributed by atoms with Crippen molar-refractivity contribution in [3.8, 4) is 11.5 Å². The van der Waals surface area contributed by atoms with E-state index in [9.17, 15) is 0 Å². The van der Waals surface area contributed by atoms with Gasteiger partial charge in [0.15, 0.2) is 0 Å². The zero-order chi connectivity index (χ0) is 17.8. The van der Waals surface area contributed by atoms with Crippen LogP contribution in [0.25, 0.3) is 0 Å². The van der Waals surface area contributed by atoms with Crippen molar-refractivity contribution >= 4 is 0 Å². The first kappa shape index (κ1) is 18.5. The lowest BCUT2D eigenvalue weighted by atomic mass is 9.99. The minimum atomic E-state index is 0.364. The molecule has 1 N–H and O–H groups in total. The minimum absolute atomic E-state index is 0.364. The van der Waals surface area contributed by atoms with Gasteiger partial charge in [0.05, 0.1) is 26.4 Å². The largest absolute Gasteiger partial charge is 0.497 e. The smallest absolute Gasteiger partial charge is 0.122 e. The Bertz CT molecular complexity index is 534. The van der Waals surface area contributed by atoms with Crippen molar-refractivity contribution < 1.29 is 14.2 Å². The number of likely N-dealkylation sites (tertiary alicyclic amines) is 1. The predicted molar refractivity (Wildman–Crippen MR) is 99.4 cm³/mol. The summed E-state index contributed by atoms with van der Waals surface area (Å²) in [7, 11) is 3.40. The molecule has 0 aromatic heterocycles. The van der Waals surface area contributed by atoms with E-state index in [0.717, 1.165) is 44.0 Å². The van der Waals surface area contributed by atoms with E-state index < -0.39 is 0 Å². The van der Waals surface area contributed by atoms with Crippen LogP contribution in [0.2, 0.25) is 0 Å². The Hall–Kier alpha value is -1.30. The summed E-state index contributed by atoms with van der Waals surface area (Å²) < 4.78 is 16.6. The lowest BCUT2D eigenvalue weighted by Crippen LogP contribution is -2.46. The van der Waals surface area contributed by atoms with Crippen LogP contribution in [0.15, 0.2) is 18.2 Å². The summed E-state index contributed by atoms with van der Waals surface area (Å²) in [6.07, 6.45) is 4.18. The van der Waals surface area contributed by atoms with Crippen LogP contribution < -0.4 is 14.8 Å². The second kappa shape index (κ2) is 8.39. The van der Waals surface area contributed by atoms with E-state index in [1.54, 1.807) is 14.2 Å². The normalized spacial score (nSPS) is 30.4. The van der Waals surface area contributed by atoms with Crippen molar-refractivity contribution in [1.29, 1.82) is 0 Å². The second-order valence-electron chi connectivity index (χ2n) is 7.53. The topological polar surface area (TPSA) is 43.0 Å². The zero-order valence-electron chi connectivity index (χ0n) is 16.0. The molecule has 2 heterocycles. The lowest BCUT2D eigenvalue weighted by Gasteiger charge is -2.34. The molecule has 0 amide bonds. The number of nitrogens with zero attached hydrogens (tertiary/aromatic N) is 1. The highest BCUT2D eigenvalue weighted by atomic mass is 16.5. The number of hydrogen-bond donors (Lipinski definition) is 1. The number of nitrogens with one attached hydrogen (secondary N) is 1. The molecule has 5 heteroatoms. The van der Waals surface area contributed by atoms with Gasteiger partial charge in [-0.15, -0.1) is 0 Å². The number of methoxy groups -OCH3 is 2. The molecule has 25 heavy (non-hydrogen) atoms. The highest BCUT2D eigenvalue weighted by molar-refractivity contribution is 5.38. The summed E-state index contributed by atoms with van der Waals surface area (Å²) in [5.74, 6) is 1.71. The highest BCUT2D eigenvalue weighted by Crippen LogP contribution is 2.25. The lowest BCUT2D eigenvalue weighted by molar-refractivity contribution is -0.0434. The van der Waals surface area contributed by atoms with E-state index in [-0.39, 0.29) is 0 Å². The Labute approximate surface area is 151 Å². The molecule has 2 fully saturated rings. The van der Waals surface area contributed by atoms with Gasteiger partial charge in [0, 0.05) is 37.8 Å². The summed E-state index contributed by atoms with van der Waals surface area (Å²) in [4.78, 5) is 2.51. The molecule has 2 aliphatic heterocycles. The molecular formula is C20H32N2O3. The van der Waals surface area contributed by atoms with Crippen LogP contribution in [-0.4, -0.2) is 56.5 Å². The maximum absolute atomic E-state index is 5.85. The van der Waals surface area contributed by atoms with Crippen LogP contribution in [0.1, 0.15) is 38.7 Å². The number of hydrogen-bond acceptors (Lipinski definition) is 5. The Morgan fingerprint density at radius 2 is 1.68 bits per heavy atom. The molecule has 0 radical (unpaired) electrons. The van der Waals surface area contributed by atoms with Crippen LogP contribution in [0, 0.1) is 0 Å². The second-order valence-corrected chi connectivity index (χ2v) is 7.53. The molecule has 0 bridgehead atoms. The van der Waals surface area contributed by atoms with Crippen molar-refractivity contribution in [2.75, 3.05) is 27.3 Å². The Balaban J connectivity index is 1.53. The van der Waals surface area contributed by atoms with Crippen LogP contribution in [0.3, 0.4) is 0 Å². The fourth-order valence-electron chi connectivity index (χ4n) is 4.20. The van der Waals surface area contributed by atoms with Gasteiger partial charge in [0.25, 0.3) is 0 Å². The van der Waals surface area contributed by atoms with Gasteiger partial charge in [-0.25, -0.2) is 0 Å². The molecule has 140 valence electrons. The first-order chi connectivity index (χ1) is 12.1. The number of benzene rings is 1. The first-order valence-electron chi connectivity index (χ1n) is 9.41. The third-order valence-electron chi connectivity index (χ3n) is 5.26. The minimum Gasteiger partial charge on any atom is -0.497 e. The van der Waals surface area contributed by atoms with Crippen molar-refractivity contribution in [1.82, 2.24) is 10.2 Å². The average Bonchev–Trinajstić information content (AvgIpc) is 3.00. The summed E-state index contributed by atoms with van der Waals surface area (Å²) in [6.45, 7) is 7.53. The molecule has 0 aliphatic carbocycles. The van der Waals surface area contributed by atoms with Crippen molar-refractivity contribution in [2.45, 2.75) is 63.9 Å². The first-order valence-corrected chi connectivity index (χ1v) is 9.41. The number of rotatable bonds is 6.